The Morgan fingerprint density at radius 1 is 1.21 bits per heavy atom. The number of aliphatic carboxylic acids is 1. The van der Waals surface area contributed by atoms with E-state index in [1.54, 1.807) is 25.6 Å². The Balaban J connectivity index is 1.81. The van der Waals surface area contributed by atoms with Crippen LogP contribution in [0, 0.1) is 0 Å². The average Bonchev–Trinajstić information content (AvgIpc) is 3.41. The summed E-state index contributed by atoms with van der Waals surface area (Å²) >= 11 is 3.01. The molecule has 0 aliphatic heterocycles. The predicted octanol–water partition coefficient (Wildman–Crippen LogP) is 3.53. The minimum absolute atomic E-state index is 0.227. The Bertz CT molecular complexity index is 964. The average molecular weight is 433 g/mol. The van der Waals surface area contributed by atoms with E-state index in [9.17, 15) is 4.79 Å². The summed E-state index contributed by atoms with van der Waals surface area (Å²) in [6, 6.07) is 7.46. The molecule has 8 nitrogen and oxygen atoms in total. The molecule has 152 valence electrons. The van der Waals surface area contributed by atoms with Crippen molar-refractivity contribution >= 4 is 39.7 Å². The van der Waals surface area contributed by atoms with Crippen LogP contribution in [0.4, 0.5) is 5.13 Å². The summed E-state index contributed by atoms with van der Waals surface area (Å²) in [6.07, 6.45) is 0. The molecular formula is C19H20N4O4S2. The van der Waals surface area contributed by atoms with Crippen molar-refractivity contribution in [3.05, 3.63) is 46.0 Å². The molecule has 10 heteroatoms. The fourth-order valence-electron chi connectivity index (χ4n) is 2.52. The molecule has 0 aliphatic rings. The first kappa shape index (κ1) is 20.6. The number of hydrogen-bond donors (Lipinski definition) is 3. The maximum atomic E-state index is 11.0. The topological polar surface area (TPSA) is 105 Å². The number of thiazole rings is 1. The number of benzene rings is 1. The number of ether oxygens (including phenoxy) is 2. The van der Waals surface area contributed by atoms with Gasteiger partial charge in [-0.2, -0.15) is 11.3 Å². The van der Waals surface area contributed by atoms with Crippen LogP contribution in [0.3, 0.4) is 0 Å². The summed E-state index contributed by atoms with van der Waals surface area (Å²) in [7, 11) is 3.15. The number of aromatic nitrogens is 1. The van der Waals surface area contributed by atoms with Crippen LogP contribution in [0.1, 0.15) is 5.56 Å². The van der Waals surface area contributed by atoms with Gasteiger partial charge in [-0.05, 0) is 23.6 Å². The Kier molecular flexibility index (Phi) is 7.04. The van der Waals surface area contributed by atoms with Crippen molar-refractivity contribution < 1.29 is 19.4 Å². The zero-order chi connectivity index (χ0) is 20.6. The summed E-state index contributed by atoms with van der Waals surface area (Å²) < 4.78 is 10.8. The van der Waals surface area contributed by atoms with Crippen LogP contribution in [0.2, 0.25) is 0 Å². The van der Waals surface area contributed by atoms with Gasteiger partial charge in [0, 0.05) is 16.3 Å². The zero-order valence-electron chi connectivity index (χ0n) is 15.8. The van der Waals surface area contributed by atoms with Gasteiger partial charge in [0.25, 0.3) is 0 Å². The molecule has 3 rings (SSSR count). The highest BCUT2D eigenvalue weighted by atomic mass is 32.1. The second-order valence-electron chi connectivity index (χ2n) is 5.73. The van der Waals surface area contributed by atoms with E-state index in [0.717, 1.165) is 16.8 Å². The minimum atomic E-state index is -0.993. The number of aliphatic imine (C=N–C) groups is 1. The summed E-state index contributed by atoms with van der Waals surface area (Å²) in [4.78, 5) is 20.0. The highest BCUT2D eigenvalue weighted by Gasteiger charge is 2.12. The third kappa shape index (κ3) is 5.46. The number of carboxylic acids is 1. The number of thiophene rings is 1. The molecule has 0 atom stereocenters. The van der Waals surface area contributed by atoms with E-state index < -0.39 is 5.97 Å². The largest absolute Gasteiger partial charge is 0.496 e. The Hall–Kier alpha value is -3.11. The normalized spacial score (nSPS) is 11.2. The number of hydrogen-bond acceptors (Lipinski definition) is 7. The number of carbonyl (C=O) groups is 1. The first-order valence-corrected chi connectivity index (χ1v) is 10.4. The van der Waals surface area contributed by atoms with Gasteiger partial charge in [0.1, 0.15) is 18.0 Å². The molecule has 29 heavy (non-hydrogen) atoms. The van der Waals surface area contributed by atoms with E-state index in [-0.39, 0.29) is 13.1 Å². The van der Waals surface area contributed by atoms with E-state index in [2.05, 4.69) is 20.6 Å². The number of rotatable bonds is 8. The third-order valence-electron chi connectivity index (χ3n) is 3.88. The number of anilines is 1. The van der Waals surface area contributed by atoms with E-state index in [4.69, 9.17) is 14.6 Å². The predicted molar refractivity (Wildman–Crippen MR) is 115 cm³/mol. The van der Waals surface area contributed by atoms with Crippen LogP contribution in [-0.2, 0) is 11.3 Å². The van der Waals surface area contributed by atoms with Crippen LogP contribution >= 0.6 is 22.7 Å². The Morgan fingerprint density at radius 3 is 2.59 bits per heavy atom. The van der Waals surface area contributed by atoms with Gasteiger partial charge in [-0.25, -0.2) is 9.98 Å². The summed E-state index contributed by atoms with van der Waals surface area (Å²) in [5.74, 6) is 0.582. The Labute approximate surface area is 175 Å². The molecule has 1 aromatic carbocycles. The molecule has 0 bridgehead atoms. The fraction of sp³-hybridized carbons (Fsp3) is 0.211. The van der Waals surface area contributed by atoms with E-state index in [1.807, 2.05) is 40.4 Å². The van der Waals surface area contributed by atoms with E-state index in [1.165, 1.54) is 11.3 Å². The summed E-state index contributed by atoms with van der Waals surface area (Å²) in [5.41, 5.74) is 2.64. The van der Waals surface area contributed by atoms with Crippen LogP contribution in [0.25, 0.3) is 11.3 Å². The molecule has 0 amide bonds. The lowest BCUT2D eigenvalue weighted by Gasteiger charge is -2.13. The molecule has 0 spiro atoms. The van der Waals surface area contributed by atoms with E-state index >= 15 is 0 Å². The van der Waals surface area contributed by atoms with Crippen molar-refractivity contribution in [1.29, 1.82) is 0 Å². The molecule has 0 saturated heterocycles. The molecule has 3 aromatic rings. The number of nitrogens with zero attached hydrogens (tertiary/aromatic N) is 2. The number of carboxylic acid groups (broad SMARTS) is 1. The second-order valence-corrected chi connectivity index (χ2v) is 7.37. The summed E-state index contributed by atoms with van der Waals surface area (Å²) in [5, 5.41) is 21.4. The minimum Gasteiger partial charge on any atom is -0.496 e. The van der Waals surface area contributed by atoms with Crippen LogP contribution < -0.4 is 20.1 Å². The third-order valence-corrected chi connectivity index (χ3v) is 5.32. The first-order chi connectivity index (χ1) is 14.1. The van der Waals surface area contributed by atoms with Gasteiger partial charge in [0.15, 0.2) is 11.1 Å². The van der Waals surface area contributed by atoms with E-state index in [0.29, 0.717) is 22.6 Å². The first-order valence-electron chi connectivity index (χ1n) is 8.55. The maximum absolute atomic E-state index is 11.0. The number of nitrogens with one attached hydrogen (secondary N) is 2. The van der Waals surface area contributed by atoms with Gasteiger partial charge in [-0.3, -0.25) is 4.79 Å². The highest BCUT2D eigenvalue weighted by Crippen LogP contribution is 2.29. The molecule has 2 aromatic heterocycles. The lowest BCUT2D eigenvalue weighted by atomic mass is 10.2. The standard InChI is InChI=1S/C19H20N4O4S2/c1-26-15-4-3-5-16(27-2)13(15)8-20-18(21-9-17(24)25)23-19-22-14(11-29-19)12-6-7-28-10-12/h3-7,10-11H,8-9H2,1-2H3,(H,24,25)(H2,20,21,22,23). The second kappa shape index (κ2) is 9.89. The van der Waals surface area contributed by atoms with Crippen molar-refractivity contribution in [3.63, 3.8) is 0 Å². The van der Waals surface area contributed by atoms with Gasteiger partial charge < -0.3 is 25.2 Å². The van der Waals surface area contributed by atoms with Crippen molar-refractivity contribution in [3.8, 4) is 22.8 Å². The zero-order valence-corrected chi connectivity index (χ0v) is 17.5. The Morgan fingerprint density at radius 2 is 1.97 bits per heavy atom. The molecule has 0 radical (unpaired) electrons. The number of methoxy groups -OCH3 is 2. The molecular weight excluding hydrogens is 412 g/mol. The molecule has 0 unspecified atom stereocenters. The molecule has 0 aliphatic carbocycles. The molecule has 0 fully saturated rings. The van der Waals surface area contributed by atoms with Crippen LogP contribution in [0.15, 0.2) is 45.4 Å². The highest BCUT2D eigenvalue weighted by molar-refractivity contribution is 7.14. The van der Waals surface area contributed by atoms with Crippen molar-refractivity contribution in [1.82, 2.24) is 10.3 Å². The SMILES string of the molecule is COc1cccc(OC)c1CN=C(NCC(=O)O)Nc1nc(-c2ccsc2)cs1. The molecule has 2 heterocycles. The lowest BCUT2D eigenvalue weighted by Crippen LogP contribution is -2.35. The number of guanidine groups is 1. The lowest BCUT2D eigenvalue weighted by molar-refractivity contribution is -0.135. The van der Waals surface area contributed by atoms with Crippen molar-refractivity contribution in [2.75, 3.05) is 26.1 Å². The van der Waals surface area contributed by atoms with Crippen molar-refractivity contribution in [2.45, 2.75) is 6.54 Å². The summed E-state index contributed by atoms with van der Waals surface area (Å²) in [6.45, 7) is -0.0530. The van der Waals surface area contributed by atoms with Crippen LogP contribution in [0.5, 0.6) is 11.5 Å². The van der Waals surface area contributed by atoms with Gasteiger partial charge in [0.05, 0.1) is 32.0 Å². The van der Waals surface area contributed by atoms with Gasteiger partial charge >= 0.3 is 5.97 Å². The molecule has 0 saturated carbocycles. The van der Waals surface area contributed by atoms with Gasteiger partial charge in [0.2, 0.25) is 0 Å². The smallest absolute Gasteiger partial charge is 0.322 e. The maximum Gasteiger partial charge on any atom is 0.322 e. The molecule has 3 N–H and O–H groups in total. The fourth-order valence-corrected chi connectivity index (χ4v) is 3.88. The van der Waals surface area contributed by atoms with Crippen LogP contribution in [-0.4, -0.2) is 42.8 Å². The monoisotopic (exact) mass is 432 g/mol. The van der Waals surface area contributed by atoms with Gasteiger partial charge in [-0.1, -0.05) is 6.07 Å². The quantitative estimate of drug-likeness (QED) is 0.369. The van der Waals surface area contributed by atoms with Gasteiger partial charge in [-0.15, -0.1) is 11.3 Å². The van der Waals surface area contributed by atoms with Crippen molar-refractivity contribution in [2.24, 2.45) is 4.99 Å².